The third-order valence-electron chi connectivity index (χ3n) is 3.38. The van der Waals surface area contributed by atoms with E-state index >= 15 is 0 Å². The van der Waals surface area contributed by atoms with Gasteiger partial charge in [-0.2, -0.15) is 4.99 Å². The maximum absolute atomic E-state index is 12.1. The standard InChI is InChI=1S/C17H20N2O3S2/c1-5-22-16(21)15-12(3)19(4)17(24-15)18-14(20)10-23-13-8-6-11(2)7-9-13/h6-9H,5,10H2,1-4H3. The van der Waals surface area contributed by atoms with Crippen LogP contribution in [0.3, 0.4) is 0 Å². The van der Waals surface area contributed by atoms with E-state index in [-0.39, 0.29) is 17.6 Å². The Hall–Kier alpha value is -1.86. The summed E-state index contributed by atoms with van der Waals surface area (Å²) in [5.41, 5.74) is 1.93. The molecule has 0 aliphatic heterocycles. The Morgan fingerprint density at radius 1 is 1.25 bits per heavy atom. The highest BCUT2D eigenvalue weighted by Crippen LogP contribution is 2.18. The first-order valence-corrected chi connectivity index (χ1v) is 9.33. The molecular formula is C17H20N2O3S2. The lowest BCUT2D eigenvalue weighted by molar-refractivity contribution is -0.115. The Morgan fingerprint density at radius 2 is 1.92 bits per heavy atom. The molecule has 7 heteroatoms. The van der Waals surface area contributed by atoms with E-state index in [0.29, 0.717) is 16.3 Å². The van der Waals surface area contributed by atoms with E-state index in [9.17, 15) is 9.59 Å². The highest BCUT2D eigenvalue weighted by molar-refractivity contribution is 8.00. The van der Waals surface area contributed by atoms with Crippen molar-refractivity contribution in [2.45, 2.75) is 25.7 Å². The van der Waals surface area contributed by atoms with E-state index in [4.69, 9.17) is 4.74 Å². The number of esters is 1. The highest BCUT2D eigenvalue weighted by Gasteiger charge is 2.16. The lowest BCUT2D eigenvalue weighted by atomic mass is 10.2. The normalized spacial score (nSPS) is 11.6. The first-order chi connectivity index (χ1) is 11.4. The van der Waals surface area contributed by atoms with Crippen LogP contribution in [0.4, 0.5) is 0 Å². The zero-order chi connectivity index (χ0) is 17.7. The van der Waals surface area contributed by atoms with Gasteiger partial charge in [0, 0.05) is 17.6 Å². The van der Waals surface area contributed by atoms with Crippen LogP contribution in [0.25, 0.3) is 0 Å². The van der Waals surface area contributed by atoms with Crippen molar-refractivity contribution in [3.63, 3.8) is 0 Å². The van der Waals surface area contributed by atoms with Gasteiger partial charge >= 0.3 is 5.97 Å². The molecular weight excluding hydrogens is 344 g/mol. The van der Waals surface area contributed by atoms with E-state index in [1.54, 1.807) is 18.5 Å². The summed E-state index contributed by atoms with van der Waals surface area (Å²) in [6.45, 7) is 5.92. The minimum Gasteiger partial charge on any atom is -0.462 e. The van der Waals surface area contributed by atoms with Gasteiger partial charge in [-0.05, 0) is 32.9 Å². The zero-order valence-corrected chi connectivity index (χ0v) is 15.8. The van der Waals surface area contributed by atoms with E-state index in [1.165, 1.54) is 28.7 Å². The number of carbonyl (C=O) groups excluding carboxylic acids is 2. The van der Waals surface area contributed by atoms with Crippen LogP contribution in [0.15, 0.2) is 34.2 Å². The van der Waals surface area contributed by atoms with Gasteiger partial charge in [-0.25, -0.2) is 4.79 Å². The van der Waals surface area contributed by atoms with Crippen molar-refractivity contribution >= 4 is 35.0 Å². The molecule has 0 aliphatic rings. The molecule has 0 atom stereocenters. The Kier molecular flexibility index (Phi) is 6.39. The fourth-order valence-electron chi connectivity index (χ4n) is 1.93. The highest BCUT2D eigenvalue weighted by atomic mass is 32.2. The van der Waals surface area contributed by atoms with Gasteiger partial charge in [-0.1, -0.05) is 29.0 Å². The molecule has 2 rings (SSSR count). The lowest BCUT2D eigenvalue weighted by Gasteiger charge is -2.00. The largest absolute Gasteiger partial charge is 0.462 e. The van der Waals surface area contributed by atoms with Crippen molar-refractivity contribution in [1.29, 1.82) is 0 Å². The summed E-state index contributed by atoms with van der Waals surface area (Å²) in [6.07, 6.45) is 0. The second kappa shape index (κ2) is 8.30. The van der Waals surface area contributed by atoms with E-state index in [1.807, 2.05) is 38.1 Å². The lowest BCUT2D eigenvalue weighted by Crippen LogP contribution is -2.15. The summed E-state index contributed by atoms with van der Waals surface area (Å²) in [6, 6.07) is 8.00. The fourth-order valence-corrected chi connectivity index (χ4v) is 3.65. The zero-order valence-electron chi connectivity index (χ0n) is 14.2. The molecule has 0 radical (unpaired) electrons. The molecule has 0 saturated carbocycles. The molecule has 1 aromatic heterocycles. The summed E-state index contributed by atoms with van der Waals surface area (Å²) in [7, 11) is 1.79. The molecule has 0 bridgehead atoms. The Labute approximate surface area is 149 Å². The quantitative estimate of drug-likeness (QED) is 0.604. The van der Waals surface area contributed by atoms with Crippen LogP contribution >= 0.6 is 23.1 Å². The van der Waals surface area contributed by atoms with Crippen molar-refractivity contribution in [3.05, 3.63) is 45.2 Å². The molecule has 0 spiro atoms. The predicted octanol–water partition coefficient (Wildman–Crippen LogP) is 3.10. The third-order valence-corrected chi connectivity index (χ3v) is 5.59. The van der Waals surface area contributed by atoms with E-state index in [0.717, 1.165) is 10.6 Å². The van der Waals surface area contributed by atoms with Crippen LogP contribution < -0.4 is 4.80 Å². The number of hydrogen-bond acceptors (Lipinski definition) is 5. The Bertz CT molecular complexity index is 804. The minimum absolute atomic E-state index is 0.229. The van der Waals surface area contributed by atoms with Crippen molar-refractivity contribution in [2.24, 2.45) is 12.0 Å². The maximum atomic E-state index is 12.1. The Balaban J connectivity index is 2.12. The van der Waals surface area contributed by atoms with Gasteiger partial charge in [0.15, 0.2) is 4.80 Å². The molecule has 1 heterocycles. The number of nitrogens with zero attached hydrogens (tertiary/aromatic N) is 2. The molecule has 0 unspecified atom stereocenters. The van der Waals surface area contributed by atoms with Crippen LogP contribution in [-0.4, -0.2) is 28.8 Å². The maximum Gasteiger partial charge on any atom is 0.350 e. The van der Waals surface area contributed by atoms with E-state index in [2.05, 4.69) is 4.99 Å². The summed E-state index contributed by atoms with van der Waals surface area (Å²) < 4.78 is 6.77. The molecule has 128 valence electrons. The minimum atomic E-state index is -0.376. The van der Waals surface area contributed by atoms with Gasteiger partial charge in [0.2, 0.25) is 0 Å². The number of aryl methyl sites for hydroxylation is 1. The number of ether oxygens (including phenoxy) is 1. The van der Waals surface area contributed by atoms with Crippen LogP contribution in [0.2, 0.25) is 0 Å². The Morgan fingerprint density at radius 3 is 2.54 bits per heavy atom. The molecule has 0 fully saturated rings. The number of aromatic nitrogens is 1. The van der Waals surface area contributed by atoms with Crippen LogP contribution in [0.5, 0.6) is 0 Å². The monoisotopic (exact) mass is 364 g/mol. The number of thiazole rings is 1. The van der Waals surface area contributed by atoms with Crippen molar-refractivity contribution in [2.75, 3.05) is 12.4 Å². The van der Waals surface area contributed by atoms with E-state index < -0.39 is 0 Å². The summed E-state index contributed by atoms with van der Waals surface area (Å²) in [4.78, 5) is 30.2. The predicted molar refractivity (Wildman–Crippen MR) is 96.5 cm³/mol. The average molecular weight is 364 g/mol. The SMILES string of the molecule is CCOC(=O)c1sc(=NC(=O)CSc2ccc(C)cc2)n(C)c1C. The van der Waals surface area contributed by atoms with Gasteiger partial charge in [0.25, 0.3) is 5.91 Å². The van der Waals surface area contributed by atoms with Crippen molar-refractivity contribution in [1.82, 2.24) is 4.57 Å². The first-order valence-electron chi connectivity index (χ1n) is 7.53. The summed E-state index contributed by atoms with van der Waals surface area (Å²) >= 11 is 2.63. The second-order valence-electron chi connectivity index (χ2n) is 5.19. The number of amides is 1. The number of benzene rings is 1. The topological polar surface area (TPSA) is 60.7 Å². The molecule has 2 aromatic rings. The van der Waals surface area contributed by atoms with Gasteiger partial charge in [0.05, 0.1) is 12.4 Å². The smallest absolute Gasteiger partial charge is 0.350 e. The van der Waals surface area contributed by atoms with Gasteiger partial charge in [-0.15, -0.1) is 11.8 Å². The number of carbonyl (C=O) groups is 2. The molecule has 1 amide bonds. The van der Waals surface area contributed by atoms with Gasteiger partial charge < -0.3 is 9.30 Å². The molecule has 0 aliphatic carbocycles. The van der Waals surface area contributed by atoms with Crippen molar-refractivity contribution in [3.8, 4) is 0 Å². The van der Waals surface area contributed by atoms with Crippen LogP contribution in [0.1, 0.15) is 27.9 Å². The van der Waals surface area contributed by atoms with Gasteiger partial charge in [0.1, 0.15) is 4.88 Å². The number of hydrogen-bond donors (Lipinski definition) is 0. The molecule has 1 aromatic carbocycles. The fraction of sp³-hybridized carbons (Fsp3) is 0.353. The van der Waals surface area contributed by atoms with Gasteiger partial charge in [-0.3, -0.25) is 4.79 Å². The molecule has 0 N–H and O–H groups in total. The number of rotatable bonds is 5. The third kappa shape index (κ3) is 4.58. The summed E-state index contributed by atoms with van der Waals surface area (Å²) in [5, 5.41) is 0. The first kappa shape index (κ1) is 18.5. The van der Waals surface area contributed by atoms with Crippen LogP contribution in [-0.2, 0) is 16.6 Å². The second-order valence-corrected chi connectivity index (χ2v) is 7.21. The average Bonchev–Trinajstić information content (AvgIpc) is 2.83. The van der Waals surface area contributed by atoms with Crippen LogP contribution in [0, 0.1) is 13.8 Å². The molecule has 0 saturated heterocycles. The summed E-state index contributed by atoms with van der Waals surface area (Å²) in [5.74, 6) is -0.347. The molecule has 24 heavy (non-hydrogen) atoms. The van der Waals surface area contributed by atoms with Crippen molar-refractivity contribution < 1.29 is 14.3 Å². The number of thioether (sulfide) groups is 1. The molecule has 5 nitrogen and oxygen atoms in total.